The van der Waals surface area contributed by atoms with E-state index >= 15 is 0 Å². The molecule has 0 saturated carbocycles. The van der Waals surface area contributed by atoms with Crippen LogP contribution in [0.4, 0.5) is 0 Å². The first-order valence-corrected chi connectivity index (χ1v) is 7.85. The minimum absolute atomic E-state index is 0.0656. The number of Topliss-reactive ketones (excluding diaryl/α,β-unsaturated/α-hetero) is 1. The first kappa shape index (κ1) is 15.4. The monoisotopic (exact) mass is 308 g/mol. The Kier molecular flexibility index (Phi) is 3.73. The molecule has 0 amide bonds. The van der Waals surface area contributed by atoms with Crippen LogP contribution in [0.5, 0.6) is 0 Å². The fourth-order valence-electron chi connectivity index (χ4n) is 3.79. The van der Waals surface area contributed by atoms with E-state index in [1.165, 1.54) is 0 Å². The molecule has 118 valence electrons. The van der Waals surface area contributed by atoms with Crippen molar-refractivity contribution >= 4 is 5.78 Å². The van der Waals surface area contributed by atoms with Gasteiger partial charge in [-0.15, -0.1) is 0 Å². The van der Waals surface area contributed by atoms with Crippen LogP contribution < -0.4 is 5.73 Å². The summed E-state index contributed by atoms with van der Waals surface area (Å²) in [7, 11) is 0. The molecule has 2 N–H and O–H groups in total. The fourth-order valence-corrected chi connectivity index (χ4v) is 3.79. The maximum absolute atomic E-state index is 12.6. The topological polar surface area (TPSA) is 76.1 Å². The molecule has 0 aromatic heterocycles. The molecule has 1 aliphatic heterocycles. The van der Waals surface area contributed by atoms with Gasteiger partial charge >= 0.3 is 0 Å². The van der Waals surface area contributed by atoms with Gasteiger partial charge in [-0.05, 0) is 43.9 Å². The Morgan fingerprint density at radius 1 is 1.22 bits per heavy atom. The molecule has 1 aliphatic carbocycles. The first-order valence-electron chi connectivity index (χ1n) is 7.85. The van der Waals surface area contributed by atoms with E-state index in [1.807, 2.05) is 20.8 Å². The Labute approximate surface area is 136 Å². The highest BCUT2D eigenvalue weighted by molar-refractivity contribution is 5.99. The molecule has 4 nitrogen and oxygen atoms in total. The average Bonchev–Trinajstić information content (AvgIpc) is 2.46. The standard InChI is InChI=1S/C19H20N2O2/c1-10-7-11(2)16(12(3)8-10)17-13(9-20)19(21)23-15-6-4-5-14(22)18(15)17/h7-8,17H,4-6,21H2,1-3H3/t17-/m0/s1. The number of rotatable bonds is 1. The van der Waals surface area contributed by atoms with Crippen LogP contribution in [0.2, 0.25) is 0 Å². The van der Waals surface area contributed by atoms with Crippen molar-refractivity contribution in [2.45, 2.75) is 46.0 Å². The number of ketones is 1. The average molecular weight is 308 g/mol. The van der Waals surface area contributed by atoms with E-state index in [4.69, 9.17) is 10.5 Å². The van der Waals surface area contributed by atoms with Gasteiger partial charge in [0.25, 0.3) is 0 Å². The molecule has 4 heteroatoms. The summed E-state index contributed by atoms with van der Waals surface area (Å²) in [5.41, 5.74) is 11.3. The molecule has 0 radical (unpaired) electrons. The second-order valence-corrected chi connectivity index (χ2v) is 6.35. The summed E-state index contributed by atoms with van der Waals surface area (Å²) in [5, 5.41) is 9.60. The normalized spacial score (nSPS) is 21.0. The number of hydrogen-bond donors (Lipinski definition) is 1. The van der Waals surface area contributed by atoms with Crippen molar-refractivity contribution in [2.24, 2.45) is 5.73 Å². The van der Waals surface area contributed by atoms with Gasteiger partial charge in [-0.2, -0.15) is 5.26 Å². The maximum Gasteiger partial charge on any atom is 0.205 e. The molecule has 2 aliphatic rings. The molecule has 0 spiro atoms. The predicted molar refractivity (Wildman–Crippen MR) is 87.2 cm³/mol. The third kappa shape index (κ3) is 2.43. The lowest BCUT2D eigenvalue weighted by Crippen LogP contribution is -2.28. The van der Waals surface area contributed by atoms with E-state index in [0.717, 1.165) is 28.7 Å². The maximum atomic E-state index is 12.6. The van der Waals surface area contributed by atoms with Crippen LogP contribution in [-0.4, -0.2) is 5.78 Å². The van der Waals surface area contributed by atoms with Crippen LogP contribution >= 0.6 is 0 Å². The fraction of sp³-hybridized carbons (Fsp3) is 0.368. The highest BCUT2D eigenvalue weighted by Gasteiger charge is 2.39. The van der Waals surface area contributed by atoms with Gasteiger partial charge in [-0.1, -0.05) is 17.7 Å². The minimum Gasteiger partial charge on any atom is -0.444 e. The van der Waals surface area contributed by atoms with Crippen LogP contribution in [0, 0.1) is 32.1 Å². The Hall–Kier alpha value is -2.54. The molecular weight excluding hydrogens is 288 g/mol. The number of nitriles is 1. The highest BCUT2D eigenvalue weighted by atomic mass is 16.5. The summed E-state index contributed by atoms with van der Waals surface area (Å²) in [6.45, 7) is 6.08. The SMILES string of the molecule is Cc1cc(C)c([C@@H]2C(C#N)=C(N)OC3=C2C(=O)CCC3)c(C)c1. The highest BCUT2D eigenvalue weighted by Crippen LogP contribution is 2.45. The summed E-state index contributed by atoms with van der Waals surface area (Å²) >= 11 is 0. The Morgan fingerprint density at radius 3 is 2.48 bits per heavy atom. The quantitative estimate of drug-likeness (QED) is 0.862. The summed E-state index contributed by atoms with van der Waals surface area (Å²) in [6, 6.07) is 6.33. The molecule has 0 bridgehead atoms. The van der Waals surface area contributed by atoms with Crippen LogP contribution in [0.15, 0.2) is 34.9 Å². The van der Waals surface area contributed by atoms with E-state index in [1.54, 1.807) is 0 Å². The van der Waals surface area contributed by atoms with Crippen LogP contribution in [-0.2, 0) is 9.53 Å². The largest absolute Gasteiger partial charge is 0.444 e. The Morgan fingerprint density at radius 2 is 1.87 bits per heavy atom. The molecule has 23 heavy (non-hydrogen) atoms. The van der Waals surface area contributed by atoms with Gasteiger partial charge in [-0.25, -0.2) is 0 Å². The van der Waals surface area contributed by atoms with Crippen molar-refractivity contribution in [1.29, 1.82) is 5.26 Å². The second kappa shape index (κ2) is 5.58. The van der Waals surface area contributed by atoms with Crippen molar-refractivity contribution in [3.63, 3.8) is 0 Å². The number of nitrogens with zero attached hydrogens (tertiary/aromatic N) is 1. The number of allylic oxidation sites excluding steroid dienone is 3. The number of carbonyl (C=O) groups is 1. The van der Waals surface area contributed by atoms with Crippen molar-refractivity contribution in [3.8, 4) is 6.07 Å². The van der Waals surface area contributed by atoms with Crippen LogP contribution in [0.1, 0.15) is 47.4 Å². The third-order valence-corrected chi connectivity index (χ3v) is 4.63. The van der Waals surface area contributed by atoms with Crippen molar-refractivity contribution in [2.75, 3.05) is 0 Å². The molecule has 0 unspecified atom stereocenters. The van der Waals surface area contributed by atoms with Gasteiger partial charge in [0.15, 0.2) is 5.78 Å². The van der Waals surface area contributed by atoms with Gasteiger partial charge in [0.1, 0.15) is 17.4 Å². The van der Waals surface area contributed by atoms with Gasteiger partial charge in [0.2, 0.25) is 5.88 Å². The van der Waals surface area contributed by atoms with E-state index in [0.29, 0.717) is 29.7 Å². The zero-order chi connectivity index (χ0) is 16.7. The third-order valence-electron chi connectivity index (χ3n) is 4.63. The summed E-state index contributed by atoms with van der Waals surface area (Å²) < 4.78 is 5.61. The number of carbonyl (C=O) groups excluding carboxylic acids is 1. The number of hydrogen-bond acceptors (Lipinski definition) is 4. The number of ether oxygens (including phenoxy) is 1. The van der Waals surface area contributed by atoms with Crippen LogP contribution in [0.25, 0.3) is 0 Å². The molecule has 1 aromatic rings. The van der Waals surface area contributed by atoms with Gasteiger partial charge in [-0.3, -0.25) is 4.79 Å². The molecule has 1 aromatic carbocycles. The summed E-state index contributed by atoms with van der Waals surface area (Å²) in [5.74, 6) is 0.431. The first-order chi connectivity index (χ1) is 10.9. The predicted octanol–water partition coefficient (Wildman–Crippen LogP) is 3.43. The molecule has 0 saturated heterocycles. The zero-order valence-corrected chi connectivity index (χ0v) is 13.7. The van der Waals surface area contributed by atoms with Gasteiger partial charge in [0.05, 0.1) is 5.92 Å². The van der Waals surface area contributed by atoms with Crippen molar-refractivity contribution < 1.29 is 9.53 Å². The molecular formula is C19H20N2O2. The lowest BCUT2D eigenvalue weighted by atomic mass is 9.75. The summed E-state index contributed by atoms with van der Waals surface area (Å²) in [4.78, 5) is 12.6. The van der Waals surface area contributed by atoms with Crippen molar-refractivity contribution in [1.82, 2.24) is 0 Å². The molecule has 0 fully saturated rings. The van der Waals surface area contributed by atoms with E-state index in [2.05, 4.69) is 18.2 Å². The van der Waals surface area contributed by atoms with E-state index in [-0.39, 0.29) is 11.7 Å². The minimum atomic E-state index is -0.405. The van der Waals surface area contributed by atoms with Crippen LogP contribution in [0.3, 0.4) is 0 Å². The molecule has 1 heterocycles. The number of nitrogens with two attached hydrogens (primary N) is 1. The Balaban J connectivity index is 2.28. The lowest BCUT2D eigenvalue weighted by Gasteiger charge is -2.32. The van der Waals surface area contributed by atoms with Gasteiger partial charge in [0, 0.05) is 18.4 Å². The molecule has 1 atom stereocenters. The zero-order valence-electron chi connectivity index (χ0n) is 13.7. The lowest BCUT2D eigenvalue weighted by molar-refractivity contribution is -0.116. The number of aryl methyl sites for hydroxylation is 3. The molecule has 3 rings (SSSR count). The van der Waals surface area contributed by atoms with Crippen molar-refractivity contribution in [3.05, 3.63) is 57.2 Å². The van der Waals surface area contributed by atoms with Gasteiger partial charge < -0.3 is 10.5 Å². The second-order valence-electron chi connectivity index (χ2n) is 6.35. The Bertz CT molecular complexity index is 786. The van der Waals surface area contributed by atoms with E-state index in [9.17, 15) is 10.1 Å². The van der Waals surface area contributed by atoms with E-state index < -0.39 is 5.92 Å². The number of benzene rings is 1. The smallest absolute Gasteiger partial charge is 0.205 e. The summed E-state index contributed by atoms with van der Waals surface area (Å²) in [6.07, 6.45) is 1.97.